The van der Waals surface area contributed by atoms with Crippen LogP contribution in [0.25, 0.3) is 0 Å². The molecule has 4 aliphatic rings. The van der Waals surface area contributed by atoms with Gasteiger partial charge in [-0.3, -0.25) is 28.8 Å². The second-order valence-corrected chi connectivity index (χ2v) is 9.08. The fourth-order valence-corrected chi connectivity index (χ4v) is 5.38. The minimum atomic E-state index is -1.43. The second-order valence-electron chi connectivity index (χ2n) is 9.08. The zero-order valence-electron chi connectivity index (χ0n) is 17.6. The molecule has 0 aromatic heterocycles. The number of Topliss-reactive ketones (excluding diaryl/α,β-unsaturated/α-hetero) is 6. The molecule has 32 heavy (non-hydrogen) atoms. The summed E-state index contributed by atoms with van der Waals surface area (Å²) >= 11 is 0. The summed E-state index contributed by atoms with van der Waals surface area (Å²) in [5.41, 5.74) is -0.0261. The zero-order valence-corrected chi connectivity index (χ0v) is 17.6. The number of benzene rings is 1. The van der Waals surface area contributed by atoms with Crippen LogP contribution < -0.4 is 10.6 Å². The van der Waals surface area contributed by atoms with Gasteiger partial charge < -0.3 is 10.6 Å². The van der Waals surface area contributed by atoms with Crippen molar-refractivity contribution in [3.63, 3.8) is 0 Å². The Labute approximate surface area is 184 Å². The summed E-state index contributed by atoms with van der Waals surface area (Å²) in [4.78, 5) is 77.8. The fourth-order valence-electron chi connectivity index (χ4n) is 5.38. The van der Waals surface area contributed by atoms with E-state index in [0.29, 0.717) is 25.9 Å². The highest BCUT2D eigenvalue weighted by atomic mass is 16.2. The Kier molecular flexibility index (Phi) is 5.22. The molecular weight excluding hydrogens is 412 g/mol. The van der Waals surface area contributed by atoms with Gasteiger partial charge in [0.1, 0.15) is 11.8 Å². The van der Waals surface area contributed by atoms with Crippen LogP contribution in [0.4, 0.5) is 0 Å². The lowest BCUT2D eigenvalue weighted by molar-refractivity contribution is -0.123. The Morgan fingerprint density at radius 2 is 0.938 bits per heavy atom. The maximum absolute atomic E-state index is 13.0. The first-order valence-corrected chi connectivity index (χ1v) is 11.3. The van der Waals surface area contributed by atoms with Crippen molar-refractivity contribution in [3.05, 3.63) is 34.4 Å². The smallest absolute Gasteiger partial charge is 0.181 e. The topological polar surface area (TPSA) is 126 Å². The highest BCUT2D eigenvalue weighted by Gasteiger charge is 2.50. The predicted molar refractivity (Wildman–Crippen MR) is 112 cm³/mol. The van der Waals surface area contributed by atoms with Crippen LogP contribution >= 0.6 is 0 Å². The van der Waals surface area contributed by atoms with Gasteiger partial charge in [0.25, 0.3) is 0 Å². The molecule has 1 aromatic carbocycles. The van der Waals surface area contributed by atoms with E-state index >= 15 is 0 Å². The summed E-state index contributed by atoms with van der Waals surface area (Å²) in [6, 6.07) is 1.40. The molecule has 2 saturated heterocycles. The minimum absolute atomic E-state index is 0.00653. The third kappa shape index (κ3) is 3.12. The zero-order chi connectivity index (χ0) is 22.6. The lowest BCUT2D eigenvalue weighted by Gasteiger charge is -2.23. The number of rotatable bonds is 4. The molecule has 0 unspecified atom stereocenters. The monoisotopic (exact) mass is 436 g/mol. The third-order valence-electron chi connectivity index (χ3n) is 7.14. The molecule has 2 aliphatic carbocycles. The molecule has 166 valence electrons. The van der Waals surface area contributed by atoms with Crippen molar-refractivity contribution in [1.29, 1.82) is 0 Å². The van der Waals surface area contributed by atoms with E-state index in [1.165, 1.54) is 12.1 Å². The Morgan fingerprint density at radius 1 is 0.594 bits per heavy atom. The van der Waals surface area contributed by atoms with E-state index in [4.69, 9.17) is 0 Å². The highest BCUT2D eigenvalue weighted by molar-refractivity contribution is 6.40. The summed E-state index contributed by atoms with van der Waals surface area (Å²) < 4.78 is 0. The minimum Gasteiger partial charge on any atom is -0.307 e. The van der Waals surface area contributed by atoms with Gasteiger partial charge in [-0.2, -0.15) is 0 Å². The van der Waals surface area contributed by atoms with Crippen LogP contribution in [-0.4, -0.2) is 59.9 Å². The molecule has 2 fully saturated rings. The molecule has 2 aliphatic heterocycles. The first kappa shape index (κ1) is 21.0. The average Bonchev–Trinajstić information content (AvgIpc) is 3.22. The number of hydrogen-bond donors (Lipinski definition) is 2. The molecular formula is C24H24N2O6. The quantitative estimate of drug-likeness (QED) is 0.672. The number of nitrogens with one attached hydrogen (secondary N) is 2. The molecule has 0 radical (unpaired) electrons. The van der Waals surface area contributed by atoms with Gasteiger partial charge >= 0.3 is 0 Å². The van der Waals surface area contributed by atoms with Crippen molar-refractivity contribution in [3.8, 4) is 0 Å². The molecule has 0 amide bonds. The Hall–Kier alpha value is -2.84. The van der Waals surface area contributed by atoms with Crippen LogP contribution in [0.1, 0.15) is 80.0 Å². The van der Waals surface area contributed by atoms with Crippen LogP contribution in [0.5, 0.6) is 0 Å². The van der Waals surface area contributed by atoms with Crippen LogP contribution in [-0.2, 0) is 9.59 Å². The largest absolute Gasteiger partial charge is 0.307 e. The van der Waals surface area contributed by atoms with E-state index in [0.717, 1.165) is 25.7 Å². The molecule has 8 nitrogen and oxygen atoms in total. The van der Waals surface area contributed by atoms with Gasteiger partial charge in [-0.25, -0.2) is 0 Å². The van der Waals surface area contributed by atoms with E-state index in [-0.39, 0.29) is 22.3 Å². The summed E-state index contributed by atoms with van der Waals surface area (Å²) in [7, 11) is 0. The van der Waals surface area contributed by atoms with Crippen molar-refractivity contribution < 1.29 is 28.8 Å². The molecule has 2 atom stereocenters. The van der Waals surface area contributed by atoms with Crippen molar-refractivity contribution in [2.45, 2.75) is 50.6 Å². The number of hydrogen-bond acceptors (Lipinski definition) is 8. The van der Waals surface area contributed by atoms with E-state index in [2.05, 4.69) is 10.6 Å². The van der Waals surface area contributed by atoms with E-state index in [1.807, 2.05) is 0 Å². The molecule has 5 rings (SSSR count). The summed E-state index contributed by atoms with van der Waals surface area (Å²) in [5.74, 6) is -6.30. The maximum atomic E-state index is 13.0. The van der Waals surface area contributed by atoms with E-state index in [1.54, 1.807) is 0 Å². The average molecular weight is 436 g/mol. The number of ketones is 6. The molecule has 8 heteroatoms. The Bertz CT molecular complexity index is 942. The second kappa shape index (κ2) is 7.94. The van der Waals surface area contributed by atoms with Crippen molar-refractivity contribution in [2.24, 2.45) is 11.8 Å². The Balaban J connectivity index is 1.44. The van der Waals surface area contributed by atoms with Gasteiger partial charge in [0, 0.05) is 22.3 Å². The lowest BCUT2D eigenvalue weighted by Crippen LogP contribution is -2.46. The SMILES string of the molecule is O=C1c2cc3c(cc2C(=O)C1C(=O)[C@@H]1CCCCN1)C(=O)C(C(=O)[C@@H]1CCCCN1)C3=O. The molecule has 0 saturated carbocycles. The van der Waals surface area contributed by atoms with E-state index < -0.39 is 58.6 Å². The predicted octanol–water partition coefficient (Wildman–Crippen LogP) is 1.10. The molecule has 0 spiro atoms. The Morgan fingerprint density at radius 3 is 1.22 bits per heavy atom. The van der Waals surface area contributed by atoms with Crippen molar-refractivity contribution >= 4 is 34.7 Å². The van der Waals surface area contributed by atoms with Crippen LogP contribution in [0.15, 0.2) is 12.1 Å². The number of fused-ring (bicyclic) bond motifs is 2. The van der Waals surface area contributed by atoms with Crippen LogP contribution in [0.3, 0.4) is 0 Å². The maximum Gasteiger partial charge on any atom is 0.181 e. The first-order chi connectivity index (χ1) is 15.4. The number of carbonyl (C=O) groups is 6. The summed E-state index contributed by atoms with van der Waals surface area (Å²) in [6.45, 7) is 1.31. The van der Waals surface area contributed by atoms with E-state index in [9.17, 15) is 28.8 Å². The van der Waals surface area contributed by atoms with Gasteiger partial charge in [0.2, 0.25) is 0 Å². The molecule has 2 N–H and O–H groups in total. The number of piperidine rings is 2. The lowest BCUT2D eigenvalue weighted by atomic mass is 9.88. The highest BCUT2D eigenvalue weighted by Crippen LogP contribution is 2.37. The van der Waals surface area contributed by atoms with Gasteiger partial charge in [0.15, 0.2) is 34.7 Å². The van der Waals surface area contributed by atoms with Gasteiger partial charge in [-0.05, 0) is 50.9 Å². The van der Waals surface area contributed by atoms with Crippen LogP contribution in [0, 0.1) is 11.8 Å². The van der Waals surface area contributed by atoms with Gasteiger partial charge in [0.05, 0.1) is 12.1 Å². The normalized spacial score (nSPS) is 26.4. The molecule has 2 heterocycles. The van der Waals surface area contributed by atoms with Crippen molar-refractivity contribution in [1.82, 2.24) is 10.6 Å². The number of carbonyl (C=O) groups excluding carboxylic acids is 6. The fraction of sp³-hybridized carbons (Fsp3) is 0.500. The summed E-state index contributed by atoms with van der Waals surface area (Å²) in [6.07, 6.45) is 4.69. The van der Waals surface area contributed by atoms with Gasteiger partial charge in [-0.1, -0.05) is 12.8 Å². The van der Waals surface area contributed by atoms with Gasteiger partial charge in [-0.15, -0.1) is 0 Å². The summed E-state index contributed by atoms with van der Waals surface area (Å²) in [5, 5.41) is 6.13. The van der Waals surface area contributed by atoms with Crippen LogP contribution in [0.2, 0.25) is 0 Å². The standard InChI is InChI=1S/C24H24N2O6/c27-19-11-9-13-14(22(30)18(21(13)29)24(32)16-6-2-4-8-26-16)10-12(11)20(28)17(19)23(31)15-5-1-3-7-25-15/h9-10,15-18,25-26H,1-8H2/t15-,16-,17?,18?/m0/s1. The first-order valence-electron chi connectivity index (χ1n) is 11.3. The molecule has 1 aromatic rings. The third-order valence-corrected chi connectivity index (χ3v) is 7.14. The molecule has 0 bridgehead atoms. The van der Waals surface area contributed by atoms with Crippen molar-refractivity contribution in [2.75, 3.05) is 13.1 Å².